The zero-order valence-corrected chi connectivity index (χ0v) is 28.8. The van der Waals surface area contributed by atoms with Crippen LogP contribution < -0.4 is 5.32 Å². The molecular formula is C49H33N3O. The second kappa shape index (κ2) is 12.9. The first kappa shape index (κ1) is 30.8. The number of hydrogen-bond donors (Lipinski definition) is 1. The SMILES string of the molecule is c1ccc(C2=NC(c3ccc(-c4cc(-c5ccccc5)cc5c4oc4cc6ccccc6cc45)cc3)=NC(c3ccc(-c4ccccc4)cc3)N2)cc1. The molecule has 0 spiro atoms. The second-order valence-electron chi connectivity index (χ2n) is 13.5. The van der Waals surface area contributed by atoms with Crippen LogP contribution in [0.1, 0.15) is 22.9 Å². The van der Waals surface area contributed by atoms with Crippen LogP contribution in [0.2, 0.25) is 0 Å². The van der Waals surface area contributed by atoms with Crippen molar-refractivity contribution < 1.29 is 4.42 Å². The van der Waals surface area contributed by atoms with Crippen LogP contribution in [0.4, 0.5) is 0 Å². The molecule has 0 radical (unpaired) electrons. The third-order valence-corrected chi connectivity index (χ3v) is 10.1. The quantitative estimate of drug-likeness (QED) is 0.190. The van der Waals surface area contributed by atoms with E-state index in [-0.39, 0.29) is 6.17 Å². The Hall–Kier alpha value is -7.04. The van der Waals surface area contributed by atoms with Gasteiger partial charge in [-0.1, -0.05) is 164 Å². The van der Waals surface area contributed by atoms with Crippen LogP contribution in [0.3, 0.4) is 0 Å². The molecule has 0 aliphatic carbocycles. The number of benzene rings is 8. The maximum atomic E-state index is 6.69. The Morgan fingerprint density at radius 2 is 0.981 bits per heavy atom. The molecule has 1 aromatic heterocycles. The molecule has 1 aliphatic rings. The van der Waals surface area contributed by atoms with Crippen LogP contribution in [-0.4, -0.2) is 11.7 Å². The molecule has 9 aromatic rings. The van der Waals surface area contributed by atoms with Crippen molar-refractivity contribution in [2.24, 2.45) is 9.98 Å². The minimum Gasteiger partial charge on any atom is -0.455 e. The Labute approximate surface area is 307 Å². The monoisotopic (exact) mass is 679 g/mol. The lowest BCUT2D eigenvalue weighted by Crippen LogP contribution is -2.33. The molecule has 1 aliphatic heterocycles. The van der Waals surface area contributed by atoms with Gasteiger partial charge in [-0.2, -0.15) is 0 Å². The molecule has 1 unspecified atom stereocenters. The topological polar surface area (TPSA) is 49.9 Å². The Morgan fingerprint density at radius 3 is 1.66 bits per heavy atom. The molecule has 0 amide bonds. The second-order valence-corrected chi connectivity index (χ2v) is 13.5. The summed E-state index contributed by atoms with van der Waals surface area (Å²) >= 11 is 0. The largest absolute Gasteiger partial charge is 0.455 e. The highest BCUT2D eigenvalue weighted by Crippen LogP contribution is 2.41. The molecule has 53 heavy (non-hydrogen) atoms. The van der Waals surface area contributed by atoms with Crippen molar-refractivity contribution in [3.8, 4) is 33.4 Å². The van der Waals surface area contributed by atoms with Crippen molar-refractivity contribution in [3.63, 3.8) is 0 Å². The lowest BCUT2D eigenvalue weighted by Gasteiger charge is -2.24. The third kappa shape index (κ3) is 5.77. The van der Waals surface area contributed by atoms with Gasteiger partial charge in [0.15, 0.2) is 5.84 Å². The molecule has 10 rings (SSSR count). The zero-order valence-electron chi connectivity index (χ0n) is 28.8. The van der Waals surface area contributed by atoms with Gasteiger partial charge in [0.2, 0.25) is 0 Å². The Morgan fingerprint density at radius 1 is 0.434 bits per heavy atom. The zero-order chi connectivity index (χ0) is 35.1. The predicted octanol–water partition coefficient (Wildman–Crippen LogP) is 12.2. The number of furan rings is 1. The van der Waals surface area contributed by atoms with Gasteiger partial charge in [-0.3, -0.25) is 0 Å². The summed E-state index contributed by atoms with van der Waals surface area (Å²) in [5.41, 5.74) is 11.6. The maximum absolute atomic E-state index is 6.69. The standard InChI is InChI=1S/C49H33N3O/c1-4-12-32(13-5-1)34-20-24-37(25-21-34)48-50-47(36-16-8-3-9-17-36)51-49(52-48)38-26-22-35(23-27-38)42-29-41(33-14-6-2-7-15-33)30-44-43-28-39-18-10-11-19-40(39)31-45(43)53-46(42)44/h1-31,48H,(H,50,51,52). The van der Waals surface area contributed by atoms with E-state index < -0.39 is 0 Å². The molecule has 1 N–H and O–H groups in total. The smallest absolute Gasteiger partial charge is 0.159 e. The van der Waals surface area contributed by atoms with Gasteiger partial charge in [-0.25, -0.2) is 9.98 Å². The molecule has 4 nitrogen and oxygen atoms in total. The van der Waals surface area contributed by atoms with E-state index in [9.17, 15) is 0 Å². The summed E-state index contributed by atoms with van der Waals surface area (Å²) in [6, 6.07) is 65.8. The molecule has 2 heterocycles. The fourth-order valence-electron chi connectivity index (χ4n) is 7.35. The Balaban J connectivity index is 1.07. The summed E-state index contributed by atoms with van der Waals surface area (Å²) in [5, 5.41) is 8.18. The van der Waals surface area contributed by atoms with Crippen molar-refractivity contribution >= 4 is 44.4 Å². The summed E-state index contributed by atoms with van der Waals surface area (Å²) in [4.78, 5) is 10.2. The van der Waals surface area contributed by atoms with E-state index in [0.717, 1.165) is 72.1 Å². The minimum atomic E-state index is -0.296. The lowest BCUT2D eigenvalue weighted by molar-refractivity contribution is 0.670. The van der Waals surface area contributed by atoms with E-state index in [1.165, 1.54) is 16.5 Å². The van der Waals surface area contributed by atoms with Crippen molar-refractivity contribution in [2.75, 3.05) is 0 Å². The van der Waals surface area contributed by atoms with Gasteiger partial charge >= 0.3 is 0 Å². The summed E-state index contributed by atoms with van der Waals surface area (Å²) in [7, 11) is 0. The van der Waals surface area contributed by atoms with Crippen LogP contribution >= 0.6 is 0 Å². The molecule has 0 saturated heterocycles. The van der Waals surface area contributed by atoms with Crippen molar-refractivity contribution in [1.82, 2.24) is 5.32 Å². The van der Waals surface area contributed by atoms with E-state index in [1.54, 1.807) is 0 Å². The summed E-state index contributed by atoms with van der Waals surface area (Å²) in [6.45, 7) is 0. The number of rotatable bonds is 6. The number of fused-ring (bicyclic) bond motifs is 4. The fraction of sp³-hybridized carbons (Fsp3) is 0.0204. The third-order valence-electron chi connectivity index (χ3n) is 10.1. The van der Waals surface area contributed by atoms with Gasteiger partial charge in [0.25, 0.3) is 0 Å². The highest BCUT2D eigenvalue weighted by atomic mass is 16.3. The normalized spacial score (nSPS) is 14.2. The van der Waals surface area contributed by atoms with Crippen molar-refractivity contribution in [3.05, 3.63) is 205 Å². The average Bonchev–Trinajstić information content (AvgIpc) is 3.60. The predicted molar refractivity (Wildman–Crippen MR) is 219 cm³/mol. The van der Waals surface area contributed by atoms with Gasteiger partial charge in [0, 0.05) is 27.5 Å². The number of nitrogens with one attached hydrogen (secondary N) is 1. The fourth-order valence-corrected chi connectivity index (χ4v) is 7.35. The Bertz CT molecular complexity index is 2820. The van der Waals surface area contributed by atoms with E-state index in [1.807, 2.05) is 24.3 Å². The minimum absolute atomic E-state index is 0.296. The Kier molecular flexibility index (Phi) is 7.51. The first-order valence-corrected chi connectivity index (χ1v) is 17.9. The molecule has 1 atom stereocenters. The molecule has 0 saturated carbocycles. The first-order chi connectivity index (χ1) is 26.2. The van der Waals surface area contributed by atoms with E-state index in [4.69, 9.17) is 14.4 Å². The van der Waals surface area contributed by atoms with Crippen LogP contribution in [0.25, 0.3) is 66.1 Å². The first-order valence-electron chi connectivity index (χ1n) is 17.9. The van der Waals surface area contributed by atoms with Crippen LogP contribution in [-0.2, 0) is 0 Å². The van der Waals surface area contributed by atoms with Gasteiger partial charge in [-0.05, 0) is 68.4 Å². The molecule has 8 aromatic carbocycles. The van der Waals surface area contributed by atoms with Gasteiger partial charge < -0.3 is 9.73 Å². The van der Waals surface area contributed by atoms with Crippen LogP contribution in [0.5, 0.6) is 0 Å². The highest BCUT2D eigenvalue weighted by Gasteiger charge is 2.22. The lowest BCUT2D eigenvalue weighted by atomic mass is 9.95. The summed E-state index contributed by atoms with van der Waals surface area (Å²) < 4.78 is 6.69. The number of hydrogen-bond acceptors (Lipinski definition) is 4. The molecule has 0 fully saturated rings. The average molecular weight is 680 g/mol. The van der Waals surface area contributed by atoms with Gasteiger partial charge in [0.1, 0.15) is 23.2 Å². The van der Waals surface area contributed by atoms with Gasteiger partial charge in [0.05, 0.1) is 0 Å². The molecule has 4 heteroatoms. The molecular weight excluding hydrogens is 647 g/mol. The van der Waals surface area contributed by atoms with E-state index >= 15 is 0 Å². The van der Waals surface area contributed by atoms with Crippen LogP contribution in [0.15, 0.2) is 202 Å². The van der Waals surface area contributed by atoms with E-state index in [2.05, 4.69) is 169 Å². The summed E-state index contributed by atoms with van der Waals surface area (Å²) in [6.07, 6.45) is -0.296. The van der Waals surface area contributed by atoms with Crippen molar-refractivity contribution in [1.29, 1.82) is 0 Å². The van der Waals surface area contributed by atoms with Gasteiger partial charge in [-0.15, -0.1) is 0 Å². The number of nitrogens with zero attached hydrogens (tertiary/aromatic N) is 2. The number of aliphatic imine (C=N–C) groups is 2. The van der Waals surface area contributed by atoms with Crippen molar-refractivity contribution in [2.45, 2.75) is 6.17 Å². The number of amidine groups is 2. The van der Waals surface area contributed by atoms with Crippen LogP contribution in [0, 0.1) is 0 Å². The molecule has 250 valence electrons. The molecule has 0 bridgehead atoms. The van der Waals surface area contributed by atoms with E-state index in [0.29, 0.717) is 5.84 Å². The maximum Gasteiger partial charge on any atom is 0.159 e. The summed E-state index contributed by atoms with van der Waals surface area (Å²) in [5.74, 6) is 1.48. The highest BCUT2D eigenvalue weighted by molar-refractivity contribution is 6.15.